The van der Waals surface area contributed by atoms with Gasteiger partial charge in [-0.2, -0.15) is 0 Å². The first kappa shape index (κ1) is 13.2. The molecule has 4 nitrogen and oxygen atoms in total. The van der Waals surface area contributed by atoms with Crippen LogP contribution in [0.4, 0.5) is 5.69 Å². The Kier molecular flexibility index (Phi) is 3.36. The van der Waals surface area contributed by atoms with E-state index < -0.39 is 0 Å². The molecular weight excluding hydrogens is 264 g/mol. The number of methoxy groups -OCH3 is 1. The van der Waals surface area contributed by atoms with Gasteiger partial charge >= 0.3 is 0 Å². The third kappa shape index (κ3) is 2.48. The molecule has 1 radical (unpaired) electrons. The Hall–Kier alpha value is -2.75. The molecule has 4 heteroatoms. The highest BCUT2D eigenvalue weighted by Crippen LogP contribution is 2.25. The zero-order chi connectivity index (χ0) is 14.8. The zero-order valence-electron chi connectivity index (χ0n) is 11.9. The number of aromatic nitrogens is 1. The van der Waals surface area contributed by atoms with Crippen LogP contribution in [0.15, 0.2) is 48.5 Å². The molecule has 1 N–H and O–H groups in total. The number of ether oxygens (including phenoxy) is 1. The zero-order valence-corrected chi connectivity index (χ0v) is 11.9. The molecule has 0 bridgehead atoms. The van der Waals surface area contributed by atoms with Crippen molar-refractivity contribution in [1.29, 1.82) is 0 Å². The van der Waals surface area contributed by atoms with Crippen molar-refractivity contribution in [1.82, 2.24) is 4.57 Å². The van der Waals surface area contributed by atoms with E-state index in [4.69, 9.17) is 4.74 Å². The van der Waals surface area contributed by atoms with E-state index in [9.17, 15) is 4.79 Å². The Morgan fingerprint density at radius 1 is 1.19 bits per heavy atom. The Morgan fingerprint density at radius 2 is 1.95 bits per heavy atom. The van der Waals surface area contributed by atoms with E-state index in [1.807, 2.05) is 60.1 Å². The predicted octanol–water partition coefficient (Wildman–Crippen LogP) is 3.24. The molecule has 1 amide bonds. The molecule has 0 atom stereocenters. The van der Waals surface area contributed by atoms with Crippen molar-refractivity contribution in [2.24, 2.45) is 7.05 Å². The number of fused-ring (bicyclic) bond motifs is 1. The minimum atomic E-state index is -0.181. The largest absolute Gasteiger partial charge is 0.497 e. The van der Waals surface area contributed by atoms with E-state index in [0.717, 1.165) is 22.3 Å². The number of anilines is 1. The molecule has 0 saturated carbocycles. The van der Waals surface area contributed by atoms with Crippen LogP contribution in [0.5, 0.6) is 5.75 Å². The van der Waals surface area contributed by atoms with Crippen LogP contribution < -0.4 is 10.1 Å². The number of hydrogen-bond acceptors (Lipinski definition) is 2. The number of nitrogens with zero attached hydrogens (tertiary/aromatic N) is 1. The smallest absolute Gasteiger partial charge is 0.258 e. The predicted molar refractivity (Wildman–Crippen MR) is 82.7 cm³/mol. The van der Waals surface area contributed by atoms with Gasteiger partial charge in [-0.25, -0.2) is 0 Å². The number of aryl methyl sites for hydroxylation is 1. The van der Waals surface area contributed by atoms with E-state index in [2.05, 4.69) is 11.5 Å². The summed E-state index contributed by atoms with van der Waals surface area (Å²) in [5.41, 5.74) is 2.21. The number of carbonyl (C=O) groups excluding carboxylic acids is 1. The molecule has 0 aliphatic carbocycles. The number of carbonyl (C=O) groups is 1. The molecule has 1 aromatic heterocycles. The molecule has 0 unspecified atom stereocenters. The van der Waals surface area contributed by atoms with E-state index in [0.29, 0.717) is 5.56 Å². The lowest BCUT2D eigenvalue weighted by atomic mass is 10.1. The highest BCUT2D eigenvalue weighted by Gasteiger charge is 2.15. The van der Waals surface area contributed by atoms with E-state index >= 15 is 0 Å². The second kappa shape index (κ2) is 5.32. The van der Waals surface area contributed by atoms with E-state index in [-0.39, 0.29) is 5.91 Å². The van der Waals surface area contributed by atoms with E-state index in [1.54, 1.807) is 7.11 Å². The second-order valence-corrected chi connectivity index (χ2v) is 4.75. The summed E-state index contributed by atoms with van der Waals surface area (Å²) >= 11 is 0. The molecule has 3 rings (SSSR count). The van der Waals surface area contributed by atoms with Crippen LogP contribution in [0.25, 0.3) is 10.9 Å². The van der Waals surface area contributed by atoms with Gasteiger partial charge in [-0.05, 0) is 30.3 Å². The number of nitrogens with one attached hydrogen (secondary N) is 1. The maximum atomic E-state index is 12.4. The average Bonchev–Trinajstić information content (AvgIpc) is 2.85. The SMILES string of the molecule is COc1ccc2c(c1)c(C(=O)Nc1ccccc1)[c]n2C. The van der Waals surface area contributed by atoms with Gasteiger partial charge in [-0.15, -0.1) is 0 Å². The first-order chi connectivity index (χ1) is 10.2. The average molecular weight is 279 g/mol. The summed E-state index contributed by atoms with van der Waals surface area (Å²) in [4.78, 5) is 12.4. The van der Waals surface area contributed by atoms with Gasteiger partial charge in [0, 0.05) is 23.6 Å². The third-order valence-corrected chi connectivity index (χ3v) is 3.37. The van der Waals surface area contributed by atoms with Gasteiger partial charge in [-0.3, -0.25) is 4.79 Å². The molecule has 2 aromatic carbocycles. The minimum absolute atomic E-state index is 0.181. The van der Waals surface area contributed by atoms with Crippen LogP contribution in [0, 0.1) is 6.20 Å². The topological polar surface area (TPSA) is 43.3 Å². The standard InChI is InChI=1S/C17H15N2O2/c1-19-11-15(14-10-13(21-2)8-9-16(14)19)17(20)18-12-6-4-3-5-7-12/h3-10H,1-2H3,(H,18,20). The number of amides is 1. The Morgan fingerprint density at radius 3 is 2.67 bits per heavy atom. The summed E-state index contributed by atoms with van der Waals surface area (Å²) in [5, 5.41) is 3.70. The quantitative estimate of drug-likeness (QED) is 0.800. The highest BCUT2D eigenvalue weighted by molar-refractivity contribution is 6.12. The van der Waals surface area contributed by atoms with Crippen molar-refractivity contribution in [3.8, 4) is 5.75 Å². The molecule has 21 heavy (non-hydrogen) atoms. The summed E-state index contributed by atoms with van der Waals surface area (Å²) in [7, 11) is 3.48. The van der Waals surface area contributed by atoms with Crippen LogP contribution in [0.3, 0.4) is 0 Å². The maximum Gasteiger partial charge on any atom is 0.258 e. The van der Waals surface area contributed by atoms with Crippen LogP contribution in [0.1, 0.15) is 10.4 Å². The summed E-state index contributed by atoms with van der Waals surface area (Å²) in [5.74, 6) is 0.538. The Labute approximate surface area is 123 Å². The van der Waals surface area contributed by atoms with E-state index in [1.165, 1.54) is 0 Å². The number of para-hydroxylation sites is 1. The number of rotatable bonds is 3. The number of hydrogen-bond donors (Lipinski definition) is 1. The van der Waals surface area contributed by atoms with Gasteiger partial charge in [0.2, 0.25) is 0 Å². The molecule has 1 heterocycles. The van der Waals surface area contributed by atoms with Crippen LogP contribution in [-0.2, 0) is 7.05 Å². The maximum absolute atomic E-state index is 12.4. The fraction of sp³-hybridized carbons (Fsp3) is 0.118. The summed E-state index contributed by atoms with van der Waals surface area (Å²) in [6.07, 6.45) is 3.07. The molecule has 0 aliphatic rings. The Balaban J connectivity index is 2.01. The third-order valence-electron chi connectivity index (χ3n) is 3.37. The van der Waals surface area contributed by atoms with Crippen molar-refractivity contribution in [3.63, 3.8) is 0 Å². The lowest BCUT2D eigenvalue weighted by Gasteiger charge is -2.04. The fourth-order valence-corrected chi connectivity index (χ4v) is 2.31. The van der Waals surface area contributed by atoms with Crippen molar-refractivity contribution >= 4 is 22.5 Å². The summed E-state index contributed by atoms with van der Waals surface area (Å²) < 4.78 is 7.04. The lowest BCUT2D eigenvalue weighted by Crippen LogP contribution is -2.11. The van der Waals surface area contributed by atoms with Gasteiger partial charge in [0.1, 0.15) is 5.75 Å². The molecule has 0 aliphatic heterocycles. The molecule has 3 aromatic rings. The van der Waals surface area contributed by atoms with Crippen LogP contribution in [-0.4, -0.2) is 17.6 Å². The van der Waals surface area contributed by atoms with Crippen molar-refractivity contribution in [2.45, 2.75) is 0 Å². The lowest BCUT2D eigenvalue weighted by molar-refractivity contribution is 0.102. The molecule has 0 fully saturated rings. The number of benzene rings is 2. The van der Waals surface area contributed by atoms with Crippen molar-refractivity contribution < 1.29 is 9.53 Å². The minimum Gasteiger partial charge on any atom is -0.497 e. The second-order valence-electron chi connectivity index (χ2n) is 4.75. The monoisotopic (exact) mass is 279 g/mol. The summed E-state index contributed by atoms with van der Waals surface area (Å²) in [6, 6.07) is 15.0. The molecular formula is C17H15N2O2. The molecule has 105 valence electrons. The van der Waals surface area contributed by atoms with Gasteiger partial charge in [-0.1, -0.05) is 18.2 Å². The Bertz CT molecular complexity index is 791. The van der Waals surface area contributed by atoms with Gasteiger partial charge in [0.25, 0.3) is 5.91 Å². The summed E-state index contributed by atoms with van der Waals surface area (Å²) in [6.45, 7) is 0. The van der Waals surface area contributed by atoms with Crippen LogP contribution >= 0.6 is 0 Å². The van der Waals surface area contributed by atoms with Crippen molar-refractivity contribution in [3.05, 3.63) is 60.3 Å². The highest BCUT2D eigenvalue weighted by atomic mass is 16.5. The van der Waals surface area contributed by atoms with Gasteiger partial charge in [0.15, 0.2) is 0 Å². The molecule has 0 saturated heterocycles. The van der Waals surface area contributed by atoms with Gasteiger partial charge in [0.05, 0.1) is 18.9 Å². The first-order valence-corrected chi connectivity index (χ1v) is 6.61. The normalized spacial score (nSPS) is 10.6. The fourth-order valence-electron chi connectivity index (χ4n) is 2.31. The first-order valence-electron chi connectivity index (χ1n) is 6.61. The van der Waals surface area contributed by atoms with Crippen LogP contribution in [0.2, 0.25) is 0 Å². The van der Waals surface area contributed by atoms with Gasteiger partial charge < -0.3 is 14.6 Å². The van der Waals surface area contributed by atoms with Crippen molar-refractivity contribution in [2.75, 3.05) is 12.4 Å². The molecule has 0 spiro atoms.